The van der Waals surface area contributed by atoms with Crippen molar-refractivity contribution in [2.24, 2.45) is 0 Å². The molecule has 0 saturated heterocycles. The topological polar surface area (TPSA) is 29.1 Å². The summed E-state index contributed by atoms with van der Waals surface area (Å²) in [5.74, 6) is 0.0167. The fraction of sp³-hybridized carbons (Fsp3) is 0.188. The molecular weight excluding hydrogens is 380 g/mol. The summed E-state index contributed by atoms with van der Waals surface area (Å²) in [4.78, 5) is 11.8. The van der Waals surface area contributed by atoms with E-state index in [9.17, 15) is 9.18 Å². The molecule has 1 amide bonds. The quantitative estimate of drug-likeness (QED) is 0.719. The first-order valence-electron chi connectivity index (χ1n) is 6.68. The summed E-state index contributed by atoms with van der Waals surface area (Å²) < 4.78 is 13.6. The van der Waals surface area contributed by atoms with Crippen molar-refractivity contribution in [2.45, 2.75) is 12.3 Å². The second-order valence-corrected chi connectivity index (χ2v) is 6.94. The van der Waals surface area contributed by atoms with Crippen LogP contribution in [0.5, 0.6) is 0 Å². The Balaban J connectivity index is 1.79. The highest BCUT2D eigenvalue weighted by atomic mass is 35.5. The van der Waals surface area contributed by atoms with Crippen LogP contribution in [0.15, 0.2) is 36.4 Å². The van der Waals surface area contributed by atoms with Crippen LogP contribution in [0.2, 0.25) is 15.1 Å². The van der Waals surface area contributed by atoms with E-state index in [0.29, 0.717) is 32.9 Å². The molecule has 0 atom stereocenters. The van der Waals surface area contributed by atoms with Gasteiger partial charge in [-0.05, 0) is 29.8 Å². The van der Waals surface area contributed by atoms with Crippen LogP contribution in [-0.4, -0.2) is 11.7 Å². The van der Waals surface area contributed by atoms with Crippen LogP contribution in [0.4, 0.5) is 4.39 Å². The fourth-order valence-electron chi connectivity index (χ4n) is 1.83. The van der Waals surface area contributed by atoms with E-state index in [1.807, 2.05) is 0 Å². The lowest BCUT2D eigenvalue weighted by atomic mass is 10.2. The first-order chi connectivity index (χ1) is 11.0. The van der Waals surface area contributed by atoms with Crippen molar-refractivity contribution in [3.8, 4) is 0 Å². The van der Waals surface area contributed by atoms with E-state index in [1.54, 1.807) is 30.3 Å². The van der Waals surface area contributed by atoms with Crippen LogP contribution < -0.4 is 5.32 Å². The molecule has 0 aliphatic heterocycles. The van der Waals surface area contributed by atoms with Gasteiger partial charge in [0.2, 0.25) is 5.91 Å². The van der Waals surface area contributed by atoms with E-state index in [4.69, 9.17) is 34.8 Å². The molecular formula is C16H13Cl3FNOS. The average molecular weight is 393 g/mol. The maximum atomic E-state index is 13.6. The van der Waals surface area contributed by atoms with Gasteiger partial charge in [0, 0.05) is 32.9 Å². The number of benzene rings is 2. The number of amides is 1. The first-order valence-corrected chi connectivity index (χ1v) is 8.97. The largest absolute Gasteiger partial charge is 0.351 e. The van der Waals surface area contributed by atoms with Crippen molar-refractivity contribution in [3.63, 3.8) is 0 Å². The van der Waals surface area contributed by atoms with Crippen LogP contribution in [0.25, 0.3) is 0 Å². The zero-order valence-electron chi connectivity index (χ0n) is 11.9. The van der Waals surface area contributed by atoms with Gasteiger partial charge in [-0.25, -0.2) is 4.39 Å². The molecule has 0 radical (unpaired) electrons. The maximum Gasteiger partial charge on any atom is 0.230 e. The number of hydrogen-bond donors (Lipinski definition) is 1. The molecule has 2 nitrogen and oxygen atoms in total. The van der Waals surface area contributed by atoms with Gasteiger partial charge in [-0.15, -0.1) is 11.8 Å². The molecule has 1 N–H and O–H groups in total. The Morgan fingerprint density at radius 1 is 1.13 bits per heavy atom. The maximum absolute atomic E-state index is 13.6. The van der Waals surface area contributed by atoms with Crippen molar-refractivity contribution in [2.75, 3.05) is 5.75 Å². The van der Waals surface area contributed by atoms with Crippen molar-refractivity contribution < 1.29 is 9.18 Å². The number of halogens is 4. The first kappa shape index (κ1) is 18.4. The summed E-state index contributed by atoms with van der Waals surface area (Å²) >= 11 is 19.1. The zero-order chi connectivity index (χ0) is 16.8. The van der Waals surface area contributed by atoms with Gasteiger partial charge in [-0.1, -0.05) is 46.9 Å². The van der Waals surface area contributed by atoms with E-state index >= 15 is 0 Å². The van der Waals surface area contributed by atoms with Gasteiger partial charge in [-0.2, -0.15) is 0 Å². The van der Waals surface area contributed by atoms with E-state index in [2.05, 4.69) is 5.32 Å². The Hall–Kier alpha value is -0.940. The molecule has 0 aliphatic rings. The monoisotopic (exact) mass is 391 g/mol. The second kappa shape index (κ2) is 8.78. The number of nitrogens with one attached hydrogen (secondary N) is 1. The lowest BCUT2D eigenvalue weighted by molar-refractivity contribution is -0.118. The lowest BCUT2D eigenvalue weighted by Gasteiger charge is -2.08. The zero-order valence-corrected chi connectivity index (χ0v) is 15.0. The summed E-state index contributed by atoms with van der Waals surface area (Å²) in [5, 5.41) is 4.17. The summed E-state index contributed by atoms with van der Waals surface area (Å²) in [6.07, 6.45) is 0. The highest BCUT2D eigenvalue weighted by Gasteiger charge is 2.09. The second-order valence-electron chi connectivity index (χ2n) is 4.71. The Bertz CT molecular complexity index is 691. The Morgan fingerprint density at radius 2 is 1.91 bits per heavy atom. The molecule has 0 spiro atoms. The molecule has 23 heavy (non-hydrogen) atoms. The van der Waals surface area contributed by atoms with Crippen LogP contribution in [-0.2, 0) is 17.1 Å². The number of thioether (sulfide) groups is 1. The normalized spacial score (nSPS) is 10.6. The van der Waals surface area contributed by atoms with Gasteiger partial charge in [0.25, 0.3) is 0 Å². The summed E-state index contributed by atoms with van der Waals surface area (Å²) in [5.41, 5.74) is 1.19. The van der Waals surface area contributed by atoms with Gasteiger partial charge in [0.05, 0.1) is 5.75 Å². The number of hydrogen-bond acceptors (Lipinski definition) is 2. The highest BCUT2D eigenvalue weighted by Crippen LogP contribution is 2.24. The molecule has 0 saturated carbocycles. The minimum atomic E-state index is -0.363. The Labute approximate surface area is 153 Å². The van der Waals surface area contributed by atoms with Gasteiger partial charge >= 0.3 is 0 Å². The van der Waals surface area contributed by atoms with Crippen molar-refractivity contribution in [3.05, 3.63) is 68.4 Å². The summed E-state index contributed by atoms with van der Waals surface area (Å²) in [7, 11) is 0. The highest BCUT2D eigenvalue weighted by molar-refractivity contribution is 7.99. The Morgan fingerprint density at radius 3 is 2.61 bits per heavy atom. The molecule has 2 aromatic carbocycles. The molecule has 2 aromatic rings. The average Bonchev–Trinajstić information content (AvgIpc) is 2.49. The third kappa shape index (κ3) is 5.57. The summed E-state index contributed by atoms with van der Waals surface area (Å²) in [6, 6.07) is 9.63. The van der Waals surface area contributed by atoms with E-state index in [-0.39, 0.29) is 17.5 Å². The van der Waals surface area contributed by atoms with Crippen LogP contribution in [0.1, 0.15) is 11.1 Å². The molecule has 0 unspecified atom stereocenters. The van der Waals surface area contributed by atoms with E-state index in [1.165, 1.54) is 17.8 Å². The van der Waals surface area contributed by atoms with Crippen LogP contribution in [0, 0.1) is 5.82 Å². The molecule has 0 aliphatic carbocycles. The molecule has 0 bridgehead atoms. The van der Waals surface area contributed by atoms with Crippen molar-refractivity contribution >= 4 is 52.5 Å². The van der Waals surface area contributed by atoms with Crippen molar-refractivity contribution in [1.29, 1.82) is 0 Å². The Kier molecular flexibility index (Phi) is 7.03. The molecule has 122 valence electrons. The van der Waals surface area contributed by atoms with Gasteiger partial charge < -0.3 is 5.32 Å². The van der Waals surface area contributed by atoms with E-state index in [0.717, 1.165) is 5.56 Å². The minimum Gasteiger partial charge on any atom is -0.351 e. The molecule has 2 rings (SSSR count). The van der Waals surface area contributed by atoms with Crippen molar-refractivity contribution in [1.82, 2.24) is 5.32 Å². The third-order valence-electron chi connectivity index (χ3n) is 3.03. The van der Waals surface area contributed by atoms with Gasteiger partial charge in [0.1, 0.15) is 5.82 Å². The van der Waals surface area contributed by atoms with E-state index < -0.39 is 0 Å². The van der Waals surface area contributed by atoms with Gasteiger partial charge in [0.15, 0.2) is 0 Å². The number of carbonyl (C=O) groups is 1. The SMILES string of the molecule is O=C(CSCc1c(F)cccc1Cl)NCc1ccc(Cl)cc1Cl. The standard InChI is InChI=1S/C16H13Cl3FNOS/c17-11-5-4-10(14(19)6-11)7-21-16(22)9-23-8-12-13(18)2-1-3-15(12)20/h1-6H,7-9H2,(H,21,22). The lowest BCUT2D eigenvalue weighted by Crippen LogP contribution is -2.24. The smallest absolute Gasteiger partial charge is 0.230 e. The molecule has 0 heterocycles. The number of rotatable bonds is 6. The molecule has 0 aromatic heterocycles. The van der Waals surface area contributed by atoms with Crippen LogP contribution in [0.3, 0.4) is 0 Å². The predicted molar refractivity (Wildman–Crippen MR) is 95.9 cm³/mol. The van der Waals surface area contributed by atoms with Crippen LogP contribution >= 0.6 is 46.6 Å². The number of carbonyl (C=O) groups excluding carboxylic acids is 1. The fourth-order valence-corrected chi connectivity index (χ4v) is 3.50. The summed E-state index contributed by atoms with van der Waals surface area (Å²) in [6.45, 7) is 0.315. The third-order valence-corrected chi connectivity index (χ3v) is 4.93. The minimum absolute atomic E-state index is 0.159. The van der Waals surface area contributed by atoms with Gasteiger partial charge in [-0.3, -0.25) is 4.79 Å². The molecule has 0 fully saturated rings. The predicted octanol–water partition coefficient (Wildman–Crippen LogP) is 5.34. The molecule has 7 heteroatoms.